The zero-order chi connectivity index (χ0) is 22.2. The van der Waals surface area contributed by atoms with E-state index >= 15 is 0 Å². The number of fused-ring (bicyclic) bond motifs is 3. The standard InChI is InChI=1S/C24H24BrN5O2/c1-16-5-6-20-19(13-16)22-23(27-20)24(32)30(15-26-22)8-7-21(31)29-11-9-28(10-12-29)18-4-2-3-17(25)14-18/h2-6,13-15,27H,7-12H2,1H3. The molecule has 1 amide bonds. The molecule has 1 N–H and O–H groups in total. The van der Waals surface area contributed by atoms with Gasteiger partial charge in [-0.15, -0.1) is 0 Å². The van der Waals surface area contributed by atoms with Crippen molar-refractivity contribution in [1.29, 1.82) is 0 Å². The van der Waals surface area contributed by atoms with Gasteiger partial charge in [-0.25, -0.2) is 4.98 Å². The molecule has 8 heteroatoms. The lowest BCUT2D eigenvalue weighted by atomic mass is 10.2. The predicted molar refractivity (Wildman–Crippen MR) is 130 cm³/mol. The van der Waals surface area contributed by atoms with E-state index in [1.807, 2.05) is 42.2 Å². The quantitative estimate of drug-likeness (QED) is 0.470. The Kier molecular flexibility index (Phi) is 5.46. The molecule has 0 spiro atoms. The SMILES string of the molecule is Cc1ccc2[nH]c3c(=O)n(CCC(=O)N4CCN(c5cccc(Br)c5)CC4)cnc3c2c1. The van der Waals surface area contributed by atoms with Gasteiger partial charge in [0.25, 0.3) is 5.56 Å². The average Bonchev–Trinajstić information content (AvgIpc) is 3.17. The molecular weight excluding hydrogens is 470 g/mol. The van der Waals surface area contributed by atoms with Crippen LogP contribution in [-0.4, -0.2) is 51.5 Å². The van der Waals surface area contributed by atoms with Crippen molar-refractivity contribution in [3.05, 3.63) is 69.2 Å². The van der Waals surface area contributed by atoms with Crippen molar-refractivity contribution in [2.24, 2.45) is 0 Å². The summed E-state index contributed by atoms with van der Waals surface area (Å²) in [6, 6.07) is 14.2. The Labute approximate surface area is 193 Å². The number of carbonyl (C=O) groups excluding carboxylic acids is 1. The Balaban J connectivity index is 1.25. The Morgan fingerprint density at radius 3 is 2.72 bits per heavy atom. The highest BCUT2D eigenvalue weighted by atomic mass is 79.9. The Bertz CT molecular complexity index is 1370. The molecule has 1 aliphatic rings. The second-order valence-electron chi connectivity index (χ2n) is 8.24. The third-order valence-corrected chi connectivity index (χ3v) is 6.59. The van der Waals surface area contributed by atoms with E-state index in [2.05, 4.69) is 42.9 Å². The van der Waals surface area contributed by atoms with Gasteiger partial charge >= 0.3 is 0 Å². The first kappa shape index (κ1) is 20.8. The number of carbonyl (C=O) groups is 1. The summed E-state index contributed by atoms with van der Waals surface area (Å²) in [7, 11) is 0. The number of nitrogens with one attached hydrogen (secondary N) is 1. The van der Waals surface area contributed by atoms with Gasteiger partial charge in [0.1, 0.15) is 11.0 Å². The molecule has 4 aromatic rings. The summed E-state index contributed by atoms with van der Waals surface area (Å²) in [4.78, 5) is 37.6. The van der Waals surface area contributed by atoms with Crippen molar-refractivity contribution >= 4 is 49.5 Å². The fourth-order valence-electron chi connectivity index (χ4n) is 4.32. The molecule has 32 heavy (non-hydrogen) atoms. The first-order valence-electron chi connectivity index (χ1n) is 10.8. The smallest absolute Gasteiger partial charge is 0.277 e. The van der Waals surface area contributed by atoms with Crippen LogP contribution in [0.4, 0.5) is 5.69 Å². The van der Waals surface area contributed by atoms with Crippen molar-refractivity contribution in [3.8, 4) is 0 Å². The third kappa shape index (κ3) is 3.90. The van der Waals surface area contributed by atoms with Crippen LogP contribution in [0, 0.1) is 6.92 Å². The molecule has 0 radical (unpaired) electrons. The number of aromatic amines is 1. The van der Waals surface area contributed by atoms with Crippen LogP contribution >= 0.6 is 15.9 Å². The van der Waals surface area contributed by atoms with Gasteiger partial charge in [0, 0.05) is 60.2 Å². The minimum atomic E-state index is -0.142. The molecule has 1 fully saturated rings. The van der Waals surface area contributed by atoms with Gasteiger partial charge in [-0.1, -0.05) is 33.6 Å². The molecule has 0 aliphatic carbocycles. The van der Waals surface area contributed by atoms with Crippen LogP contribution in [0.15, 0.2) is 58.1 Å². The van der Waals surface area contributed by atoms with Gasteiger partial charge in [-0.2, -0.15) is 0 Å². The lowest BCUT2D eigenvalue weighted by Crippen LogP contribution is -2.49. The predicted octanol–water partition coefficient (Wildman–Crippen LogP) is 3.69. The zero-order valence-electron chi connectivity index (χ0n) is 17.8. The number of rotatable bonds is 4. The highest BCUT2D eigenvalue weighted by molar-refractivity contribution is 9.10. The summed E-state index contributed by atoms with van der Waals surface area (Å²) >= 11 is 3.51. The number of benzene rings is 2. The number of halogens is 1. The molecule has 164 valence electrons. The maximum atomic E-state index is 13.0. The summed E-state index contributed by atoms with van der Waals surface area (Å²) in [5.41, 5.74) is 4.20. The number of nitrogens with zero attached hydrogens (tertiary/aromatic N) is 4. The number of hydrogen-bond acceptors (Lipinski definition) is 4. The van der Waals surface area contributed by atoms with Crippen molar-refractivity contribution in [2.45, 2.75) is 19.9 Å². The maximum Gasteiger partial charge on any atom is 0.277 e. The van der Waals surface area contributed by atoms with Crippen LogP contribution in [0.3, 0.4) is 0 Å². The number of aromatic nitrogens is 3. The van der Waals surface area contributed by atoms with Crippen LogP contribution in [-0.2, 0) is 11.3 Å². The number of H-pyrrole nitrogens is 1. The summed E-state index contributed by atoms with van der Waals surface area (Å²) in [5.74, 6) is 0.0677. The van der Waals surface area contributed by atoms with E-state index in [0.717, 1.165) is 39.7 Å². The monoisotopic (exact) mass is 493 g/mol. The summed E-state index contributed by atoms with van der Waals surface area (Å²) < 4.78 is 2.58. The van der Waals surface area contributed by atoms with Gasteiger partial charge < -0.3 is 14.8 Å². The first-order chi connectivity index (χ1) is 15.5. The van der Waals surface area contributed by atoms with Crippen LogP contribution < -0.4 is 10.5 Å². The van der Waals surface area contributed by atoms with Crippen LogP contribution in [0.25, 0.3) is 21.9 Å². The second kappa shape index (κ2) is 8.43. The highest BCUT2D eigenvalue weighted by Gasteiger charge is 2.21. The number of anilines is 1. The molecule has 2 aromatic heterocycles. The van der Waals surface area contributed by atoms with Crippen molar-refractivity contribution < 1.29 is 4.79 Å². The van der Waals surface area contributed by atoms with E-state index in [-0.39, 0.29) is 17.9 Å². The van der Waals surface area contributed by atoms with Crippen LogP contribution in [0.5, 0.6) is 0 Å². The number of hydrogen-bond donors (Lipinski definition) is 1. The lowest BCUT2D eigenvalue weighted by molar-refractivity contribution is -0.131. The number of amides is 1. The largest absolute Gasteiger partial charge is 0.368 e. The molecule has 0 saturated carbocycles. The second-order valence-corrected chi connectivity index (χ2v) is 9.15. The van der Waals surface area contributed by atoms with Crippen molar-refractivity contribution in [2.75, 3.05) is 31.1 Å². The molecule has 1 saturated heterocycles. The van der Waals surface area contributed by atoms with Gasteiger partial charge in [0.15, 0.2) is 0 Å². The van der Waals surface area contributed by atoms with E-state index < -0.39 is 0 Å². The molecule has 3 heterocycles. The zero-order valence-corrected chi connectivity index (χ0v) is 19.4. The minimum absolute atomic E-state index is 0.0677. The third-order valence-electron chi connectivity index (χ3n) is 6.10. The lowest BCUT2D eigenvalue weighted by Gasteiger charge is -2.36. The molecule has 2 aromatic carbocycles. The Morgan fingerprint density at radius 1 is 1.12 bits per heavy atom. The van der Waals surface area contributed by atoms with E-state index in [9.17, 15) is 9.59 Å². The normalized spacial score (nSPS) is 14.4. The summed E-state index contributed by atoms with van der Waals surface area (Å²) in [6.07, 6.45) is 1.84. The summed E-state index contributed by atoms with van der Waals surface area (Å²) in [6.45, 7) is 5.29. The van der Waals surface area contributed by atoms with Gasteiger partial charge in [0.05, 0.1) is 6.33 Å². The number of piperazine rings is 1. The van der Waals surface area contributed by atoms with Gasteiger partial charge in [-0.05, 0) is 37.3 Å². The molecule has 1 aliphatic heterocycles. The fraction of sp³-hybridized carbons (Fsp3) is 0.292. The molecule has 0 atom stereocenters. The molecule has 0 unspecified atom stereocenters. The van der Waals surface area contributed by atoms with E-state index in [1.54, 1.807) is 6.33 Å². The fourth-order valence-corrected chi connectivity index (χ4v) is 4.71. The molecule has 7 nitrogen and oxygen atoms in total. The topological polar surface area (TPSA) is 74.2 Å². The van der Waals surface area contributed by atoms with E-state index in [0.29, 0.717) is 30.7 Å². The van der Waals surface area contributed by atoms with Crippen LogP contribution in [0.1, 0.15) is 12.0 Å². The number of aryl methyl sites for hydroxylation is 2. The van der Waals surface area contributed by atoms with Gasteiger partial charge in [0.2, 0.25) is 5.91 Å². The van der Waals surface area contributed by atoms with Crippen molar-refractivity contribution in [3.63, 3.8) is 0 Å². The van der Waals surface area contributed by atoms with E-state index in [4.69, 9.17) is 0 Å². The molecule has 0 bridgehead atoms. The van der Waals surface area contributed by atoms with E-state index in [1.165, 1.54) is 4.57 Å². The van der Waals surface area contributed by atoms with Crippen LogP contribution in [0.2, 0.25) is 0 Å². The highest BCUT2D eigenvalue weighted by Crippen LogP contribution is 2.23. The molecular formula is C24H24BrN5O2. The average molecular weight is 494 g/mol. The Hall–Kier alpha value is -3.13. The maximum absolute atomic E-state index is 13.0. The Morgan fingerprint density at radius 2 is 1.94 bits per heavy atom. The summed E-state index contributed by atoms with van der Waals surface area (Å²) in [5, 5.41) is 0.948. The van der Waals surface area contributed by atoms with Gasteiger partial charge in [-0.3, -0.25) is 14.2 Å². The molecule has 5 rings (SSSR count). The van der Waals surface area contributed by atoms with Crippen molar-refractivity contribution in [1.82, 2.24) is 19.4 Å². The first-order valence-corrected chi connectivity index (χ1v) is 11.5. The minimum Gasteiger partial charge on any atom is -0.368 e.